The minimum atomic E-state index is 0. The van der Waals surface area contributed by atoms with Crippen LogP contribution in [0.4, 0.5) is 0 Å². The van der Waals surface area contributed by atoms with Crippen molar-refractivity contribution in [3.05, 3.63) is 18.7 Å². The number of hydrogen-bond donors (Lipinski definition) is 0. The van der Waals surface area contributed by atoms with Gasteiger partial charge in [-0.05, 0) is 6.26 Å². The van der Waals surface area contributed by atoms with Crippen LogP contribution in [0.3, 0.4) is 0 Å². The van der Waals surface area contributed by atoms with Crippen molar-refractivity contribution in [3.63, 3.8) is 0 Å². The van der Waals surface area contributed by atoms with Gasteiger partial charge in [0.15, 0.2) is 0 Å². The molecule has 0 aliphatic carbocycles. The molecule has 2 nitrogen and oxygen atoms in total. The summed E-state index contributed by atoms with van der Waals surface area (Å²) < 4.78 is 0. The van der Waals surface area contributed by atoms with Crippen molar-refractivity contribution >= 4 is 11.8 Å². The fourth-order valence-corrected chi connectivity index (χ4v) is 0.673. The molecule has 1 heterocycles. The maximum absolute atomic E-state index is 3.70. The molecule has 4 heteroatoms. The number of hydrogen-bond acceptors (Lipinski definition) is 3. The molecule has 1 rings (SSSR count). The molecular weight excluding hydrogens is 143 g/mol. The third-order valence-electron chi connectivity index (χ3n) is 0.735. The van der Waals surface area contributed by atoms with Crippen LogP contribution in [0.5, 0.6) is 0 Å². The minimum Gasteiger partial charge on any atom is -0.373 e. The maximum atomic E-state index is 3.70. The summed E-state index contributed by atoms with van der Waals surface area (Å²) in [4.78, 5) is 8.47. The average Bonchev–Trinajstić information content (AvgIpc) is 1.90. The van der Waals surface area contributed by atoms with Gasteiger partial charge in [-0.25, -0.2) is 0 Å². The third-order valence-corrected chi connectivity index (χ3v) is 1.42. The maximum Gasteiger partial charge on any atom is 1.00 e. The van der Waals surface area contributed by atoms with Crippen LogP contribution in [0.25, 0.3) is 0 Å². The molecule has 0 saturated carbocycles. The zero-order valence-corrected chi connectivity index (χ0v) is 8.27. The molecule has 0 N–H and O–H groups in total. The Morgan fingerprint density at radius 2 is 2.00 bits per heavy atom. The third kappa shape index (κ3) is 3.20. The molecule has 0 aliphatic heterocycles. The van der Waals surface area contributed by atoms with E-state index in [9.17, 15) is 0 Å². The molecule has 0 atom stereocenters. The fourth-order valence-electron chi connectivity index (χ4n) is 0.357. The number of thioether (sulfide) groups is 1. The van der Waals surface area contributed by atoms with Gasteiger partial charge in [-0.2, -0.15) is 11.8 Å². The molecular formula is C5H5N2NaS. The van der Waals surface area contributed by atoms with Crippen LogP contribution in [0.1, 0.15) is 0 Å². The van der Waals surface area contributed by atoms with E-state index in [1.165, 1.54) is 0 Å². The van der Waals surface area contributed by atoms with Gasteiger partial charge >= 0.3 is 29.6 Å². The number of nitrogens with zero attached hydrogens (tertiary/aromatic N) is 2. The van der Waals surface area contributed by atoms with Gasteiger partial charge in [0.25, 0.3) is 0 Å². The first-order valence-corrected chi connectivity index (χ1v) is 3.38. The molecule has 1 aromatic rings. The Labute approximate surface area is 80.8 Å². The average molecular weight is 148 g/mol. The Morgan fingerprint density at radius 1 is 1.44 bits per heavy atom. The Balaban J connectivity index is 0.000000640. The first kappa shape index (κ1) is 9.43. The van der Waals surface area contributed by atoms with E-state index in [-0.39, 0.29) is 29.6 Å². The van der Waals surface area contributed by atoms with E-state index < -0.39 is 0 Å². The smallest absolute Gasteiger partial charge is 0.373 e. The number of aromatic nitrogens is 2. The van der Waals surface area contributed by atoms with Crippen molar-refractivity contribution in [2.75, 3.05) is 6.26 Å². The van der Waals surface area contributed by atoms with Crippen LogP contribution < -0.4 is 29.6 Å². The largest absolute Gasteiger partial charge is 1.00 e. The Hall–Kier alpha value is 0.430. The molecule has 42 valence electrons. The predicted molar refractivity (Wildman–Crippen MR) is 32.6 cm³/mol. The van der Waals surface area contributed by atoms with Crippen LogP contribution in [0.15, 0.2) is 17.3 Å². The van der Waals surface area contributed by atoms with E-state index in [1.807, 2.05) is 6.26 Å². The molecule has 9 heavy (non-hydrogen) atoms. The molecule has 0 fully saturated rings. The van der Waals surface area contributed by atoms with Gasteiger partial charge in [0.2, 0.25) is 0 Å². The topological polar surface area (TPSA) is 25.8 Å². The molecule has 0 amide bonds. The van der Waals surface area contributed by atoms with Gasteiger partial charge in [0.1, 0.15) is 0 Å². The van der Waals surface area contributed by atoms with E-state index in [4.69, 9.17) is 0 Å². The Kier molecular flexibility index (Phi) is 5.48. The second kappa shape index (κ2) is 5.23. The van der Waals surface area contributed by atoms with Crippen LogP contribution in [0.2, 0.25) is 0 Å². The van der Waals surface area contributed by atoms with Gasteiger partial charge in [0, 0.05) is 6.33 Å². The van der Waals surface area contributed by atoms with Gasteiger partial charge in [-0.15, -0.1) is 0 Å². The second-order valence-corrected chi connectivity index (χ2v) is 2.10. The van der Waals surface area contributed by atoms with Gasteiger partial charge in [0.05, 0.1) is 0 Å². The molecule has 1 aromatic heterocycles. The van der Waals surface area contributed by atoms with E-state index in [0.717, 1.165) is 4.90 Å². The first-order chi connectivity index (χ1) is 3.93. The Bertz CT molecular complexity index is 156. The van der Waals surface area contributed by atoms with E-state index in [1.54, 1.807) is 24.2 Å². The van der Waals surface area contributed by atoms with Crippen molar-refractivity contribution in [1.82, 2.24) is 9.97 Å². The molecule has 0 aliphatic rings. The summed E-state index contributed by atoms with van der Waals surface area (Å²) in [5.74, 6) is 0. The SMILES string of the molecule is CSc1cn[c-]nc1.[Na+]. The van der Waals surface area contributed by atoms with Crippen molar-refractivity contribution < 1.29 is 29.6 Å². The second-order valence-electron chi connectivity index (χ2n) is 1.22. The molecule has 0 aromatic carbocycles. The summed E-state index contributed by atoms with van der Waals surface area (Å²) in [7, 11) is 0. The first-order valence-electron chi connectivity index (χ1n) is 2.15. The van der Waals surface area contributed by atoms with Crippen molar-refractivity contribution in [2.24, 2.45) is 0 Å². The molecule has 0 bridgehead atoms. The normalized spacial score (nSPS) is 8.11. The van der Waals surface area contributed by atoms with Crippen molar-refractivity contribution in [1.29, 1.82) is 0 Å². The summed E-state index contributed by atoms with van der Waals surface area (Å²) in [6, 6.07) is 0. The molecule has 0 radical (unpaired) electrons. The van der Waals surface area contributed by atoms with E-state index in [0.29, 0.717) is 0 Å². The molecule has 0 saturated heterocycles. The van der Waals surface area contributed by atoms with Crippen LogP contribution in [-0.2, 0) is 0 Å². The zero-order chi connectivity index (χ0) is 5.82. The van der Waals surface area contributed by atoms with Crippen molar-refractivity contribution in [2.45, 2.75) is 4.90 Å². The van der Waals surface area contributed by atoms with Gasteiger partial charge < -0.3 is 9.97 Å². The van der Waals surface area contributed by atoms with Crippen LogP contribution >= 0.6 is 11.8 Å². The summed E-state index contributed by atoms with van der Waals surface area (Å²) in [5.41, 5.74) is 0. The standard InChI is InChI=1S/C5H5N2S.Na/c1-8-5-2-6-4-7-3-5;/h2-3H,1H3;/q-1;+1. The minimum absolute atomic E-state index is 0. The van der Waals surface area contributed by atoms with E-state index in [2.05, 4.69) is 16.3 Å². The van der Waals surface area contributed by atoms with Gasteiger partial charge in [-0.1, -0.05) is 17.3 Å². The monoisotopic (exact) mass is 148 g/mol. The predicted octanol–water partition coefficient (Wildman–Crippen LogP) is -2.00. The number of rotatable bonds is 1. The summed E-state index contributed by atoms with van der Waals surface area (Å²) >= 11 is 1.62. The summed E-state index contributed by atoms with van der Waals surface area (Å²) in [6.45, 7) is 0. The molecule has 0 unspecified atom stereocenters. The van der Waals surface area contributed by atoms with Gasteiger partial charge in [-0.3, -0.25) is 0 Å². The fraction of sp³-hybridized carbons (Fsp3) is 0.200. The quantitative estimate of drug-likeness (QED) is 0.262. The Morgan fingerprint density at radius 3 is 2.33 bits per heavy atom. The van der Waals surface area contributed by atoms with Crippen molar-refractivity contribution in [3.8, 4) is 0 Å². The summed E-state index contributed by atoms with van der Waals surface area (Å²) in [5, 5.41) is 0. The van der Waals surface area contributed by atoms with E-state index >= 15 is 0 Å². The molecule has 0 spiro atoms. The summed E-state index contributed by atoms with van der Waals surface area (Å²) in [6.07, 6.45) is 7.91. The van der Waals surface area contributed by atoms with Crippen LogP contribution in [0, 0.1) is 6.33 Å². The van der Waals surface area contributed by atoms with Crippen LogP contribution in [-0.4, -0.2) is 16.2 Å². The zero-order valence-electron chi connectivity index (χ0n) is 5.46.